The molecule has 0 amide bonds. The van der Waals surface area contributed by atoms with Crippen molar-refractivity contribution >= 4 is 21.7 Å². The van der Waals surface area contributed by atoms with Gasteiger partial charge in [0.2, 0.25) is 5.52 Å². The zero-order valence-corrected chi connectivity index (χ0v) is 15.3. The maximum absolute atomic E-state index is 12.7. The standard InChI is InChI=1S/C21H15F3N.BrH/c22-21(23,24)17-11-9-15(10-12-17)13-25-14-16-5-1-2-6-18(16)19-7-3-4-8-20(19)25;/h1-12,14H,13H2;1H/q+1;/p-1. The van der Waals surface area contributed by atoms with E-state index in [4.69, 9.17) is 0 Å². The van der Waals surface area contributed by atoms with Gasteiger partial charge in [0.1, 0.15) is 0 Å². The largest absolute Gasteiger partial charge is 1.00 e. The molecule has 0 aliphatic carbocycles. The molecule has 0 unspecified atom stereocenters. The normalized spacial score (nSPS) is 11.5. The lowest BCUT2D eigenvalue weighted by molar-refractivity contribution is -0.661. The van der Waals surface area contributed by atoms with E-state index in [-0.39, 0.29) is 17.0 Å². The molecule has 0 saturated carbocycles. The summed E-state index contributed by atoms with van der Waals surface area (Å²) < 4.78 is 40.3. The van der Waals surface area contributed by atoms with Gasteiger partial charge in [0.25, 0.3) is 0 Å². The number of para-hydroxylation sites is 1. The molecule has 0 atom stereocenters. The van der Waals surface area contributed by atoms with E-state index in [1.54, 1.807) is 12.1 Å². The molecule has 0 saturated heterocycles. The van der Waals surface area contributed by atoms with Gasteiger partial charge in [-0.3, -0.25) is 0 Å². The minimum Gasteiger partial charge on any atom is -1.00 e. The molecule has 5 heteroatoms. The maximum atomic E-state index is 12.7. The smallest absolute Gasteiger partial charge is 0.416 e. The molecule has 4 rings (SSSR count). The highest BCUT2D eigenvalue weighted by Crippen LogP contribution is 2.29. The molecule has 0 bridgehead atoms. The van der Waals surface area contributed by atoms with Crippen molar-refractivity contribution in [3.63, 3.8) is 0 Å². The van der Waals surface area contributed by atoms with Gasteiger partial charge in [-0.05, 0) is 24.3 Å². The molecule has 132 valence electrons. The first-order valence-electron chi connectivity index (χ1n) is 7.98. The van der Waals surface area contributed by atoms with Gasteiger partial charge < -0.3 is 17.0 Å². The first-order chi connectivity index (χ1) is 12.0. The molecule has 1 aromatic heterocycles. The van der Waals surface area contributed by atoms with Crippen LogP contribution in [-0.4, -0.2) is 0 Å². The van der Waals surface area contributed by atoms with Crippen molar-refractivity contribution in [2.75, 3.05) is 0 Å². The molecule has 0 spiro atoms. The van der Waals surface area contributed by atoms with Crippen LogP contribution in [-0.2, 0) is 12.7 Å². The molecule has 1 nitrogen and oxygen atoms in total. The molecule has 0 aliphatic heterocycles. The molecular formula is C21H15BrF3N. The highest BCUT2D eigenvalue weighted by Gasteiger charge is 2.30. The van der Waals surface area contributed by atoms with Crippen LogP contribution in [0.25, 0.3) is 21.7 Å². The number of pyridine rings is 1. The van der Waals surface area contributed by atoms with E-state index in [1.165, 1.54) is 5.39 Å². The minimum atomic E-state index is -4.30. The van der Waals surface area contributed by atoms with Crippen LogP contribution in [0.2, 0.25) is 0 Å². The first kappa shape index (κ1) is 18.4. The van der Waals surface area contributed by atoms with Gasteiger partial charge in [-0.1, -0.05) is 42.5 Å². The Morgan fingerprint density at radius 2 is 1.35 bits per heavy atom. The van der Waals surface area contributed by atoms with E-state index < -0.39 is 11.7 Å². The zero-order chi connectivity index (χ0) is 17.4. The summed E-state index contributed by atoms with van der Waals surface area (Å²) in [4.78, 5) is 0. The number of fused-ring (bicyclic) bond motifs is 3. The van der Waals surface area contributed by atoms with Crippen LogP contribution in [0.4, 0.5) is 13.2 Å². The van der Waals surface area contributed by atoms with Crippen LogP contribution < -0.4 is 21.5 Å². The van der Waals surface area contributed by atoms with Crippen LogP contribution in [0, 0.1) is 0 Å². The van der Waals surface area contributed by atoms with E-state index >= 15 is 0 Å². The third kappa shape index (κ3) is 3.44. The predicted molar refractivity (Wildman–Crippen MR) is 92.2 cm³/mol. The van der Waals surface area contributed by atoms with Crippen molar-refractivity contribution in [3.05, 3.63) is 90.1 Å². The fourth-order valence-electron chi connectivity index (χ4n) is 3.17. The number of halogens is 4. The van der Waals surface area contributed by atoms with E-state index in [9.17, 15) is 13.2 Å². The molecular weight excluding hydrogens is 403 g/mol. The van der Waals surface area contributed by atoms with Crippen LogP contribution in [0.15, 0.2) is 79.0 Å². The maximum Gasteiger partial charge on any atom is 0.416 e. The average molecular weight is 418 g/mol. The monoisotopic (exact) mass is 417 g/mol. The van der Waals surface area contributed by atoms with Gasteiger partial charge >= 0.3 is 6.18 Å². The summed E-state index contributed by atoms with van der Waals surface area (Å²) in [6.45, 7) is 0.517. The molecule has 26 heavy (non-hydrogen) atoms. The van der Waals surface area contributed by atoms with Crippen LogP contribution in [0.3, 0.4) is 0 Å². The topological polar surface area (TPSA) is 3.88 Å². The van der Waals surface area contributed by atoms with Gasteiger partial charge in [-0.25, -0.2) is 0 Å². The van der Waals surface area contributed by atoms with Crippen molar-refractivity contribution in [1.29, 1.82) is 0 Å². The number of rotatable bonds is 2. The molecule has 1 heterocycles. The highest BCUT2D eigenvalue weighted by atomic mass is 79.9. The molecule has 0 fully saturated rings. The van der Waals surface area contributed by atoms with Crippen molar-refractivity contribution in [1.82, 2.24) is 0 Å². The predicted octanol–water partition coefficient (Wildman–Crippen LogP) is 2.35. The Labute approximate surface area is 159 Å². The van der Waals surface area contributed by atoms with Gasteiger partial charge in [0.05, 0.1) is 10.9 Å². The van der Waals surface area contributed by atoms with Gasteiger partial charge in [-0.15, -0.1) is 0 Å². The Morgan fingerprint density at radius 3 is 2.04 bits per heavy atom. The second kappa shape index (κ2) is 7.08. The quantitative estimate of drug-likeness (QED) is 0.348. The number of alkyl halides is 3. The fourth-order valence-corrected chi connectivity index (χ4v) is 3.17. The number of hydrogen-bond donors (Lipinski definition) is 0. The van der Waals surface area contributed by atoms with Gasteiger partial charge in [0.15, 0.2) is 12.7 Å². The Morgan fingerprint density at radius 1 is 0.731 bits per heavy atom. The van der Waals surface area contributed by atoms with Crippen molar-refractivity contribution in [3.8, 4) is 0 Å². The minimum absolute atomic E-state index is 0. The second-order valence-electron chi connectivity index (χ2n) is 6.06. The van der Waals surface area contributed by atoms with E-state index in [0.717, 1.165) is 34.0 Å². The lowest BCUT2D eigenvalue weighted by atomic mass is 10.1. The SMILES string of the molecule is FC(F)(F)c1ccc(C[n+]2cc3ccccc3c3ccccc32)cc1.[Br-]. The second-order valence-corrected chi connectivity index (χ2v) is 6.06. The molecule has 3 aromatic carbocycles. The van der Waals surface area contributed by atoms with Gasteiger partial charge in [0, 0.05) is 22.4 Å². The number of benzene rings is 3. The van der Waals surface area contributed by atoms with Crippen molar-refractivity contribution in [2.24, 2.45) is 0 Å². The van der Waals surface area contributed by atoms with E-state index in [2.05, 4.69) is 22.9 Å². The molecule has 0 aliphatic rings. The van der Waals surface area contributed by atoms with Crippen LogP contribution in [0.5, 0.6) is 0 Å². The molecule has 4 aromatic rings. The lowest BCUT2D eigenvalue weighted by Gasteiger charge is -2.08. The summed E-state index contributed by atoms with van der Waals surface area (Å²) in [6, 6.07) is 21.6. The Hall–Kier alpha value is -2.40. The summed E-state index contributed by atoms with van der Waals surface area (Å²) in [5.74, 6) is 0. The van der Waals surface area contributed by atoms with E-state index in [0.29, 0.717) is 6.54 Å². The first-order valence-corrected chi connectivity index (χ1v) is 7.98. The summed E-state index contributed by atoms with van der Waals surface area (Å²) in [5, 5.41) is 3.40. The highest BCUT2D eigenvalue weighted by molar-refractivity contribution is 6.03. The van der Waals surface area contributed by atoms with Crippen molar-refractivity contribution < 1.29 is 34.7 Å². The van der Waals surface area contributed by atoms with Crippen LogP contribution >= 0.6 is 0 Å². The average Bonchev–Trinajstić information content (AvgIpc) is 2.62. The molecule has 0 N–H and O–H groups in total. The molecule has 0 radical (unpaired) electrons. The Bertz CT molecular complexity index is 1060. The Kier molecular flexibility index (Phi) is 5.01. The van der Waals surface area contributed by atoms with E-state index in [1.807, 2.05) is 36.4 Å². The zero-order valence-electron chi connectivity index (χ0n) is 13.7. The number of aromatic nitrogens is 1. The summed E-state index contributed by atoms with van der Waals surface area (Å²) in [7, 11) is 0. The third-order valence-corrected chi connectivity index (χ3v) is 4.39. The summed E-state index contributed by atoms with van der Waals surface area (Å²) >= 11 is 0. The lowest BCUT2D eigenvalue weighted by Crippen LogP contribution is -3.00. The number of hydrogen-bond acceptors (Lipinski definition) is 0. The Balaban J connectivity index is 0.00000196. The number of nitrogens with zero attached hydrogens (tertiary/aromatic N) is 1. The summed E-state index contributed by atoms with van der Waals surface area (Å²) in [6.07, 6.45) is -2.25. The van der Waals surface area contributed by atoms with Gasteiger partial charge in [-0.2, -0.15) is 17.7 Å². The fraction of sp³-hybridized carbons (Fsp3) is 0.0952. The summed E-state index contributed by atoms with van der Waals surface area (Å²) in [5.41, 5.74) is 1.27. The van der Waals surface area contributed by atoms with Crippen molar-refractivity contribution in [2.45, 2.75) is 12.7 Å². The van der Waals surface area contributed by atoms with Crippen LogP contribution in [0.1, 0.15) is 11.1 Å². The third-order valence-electron chi connectivity index (χ3n) is 4.39.